The molecule has 0 aromatic heterocycles. The summed E-state index contributed by atoms with van der Waals surface area (Å²) in [5.74, 6) is 0.747. The van der Waals surface area contributed by atoms with Gasteiger partial charge in [0.25, 0.3) is 0 Å². The first-order chi connectivity index (χ1) is 13.4. The molecule has 1 saturated carbocycles. The van der Waals surface area contributed by atoms with Gasteiger partial charge in [0.15, 0.2) is 5.78 Å². The number of carbonyl (C=O) groups excluding carboxylic acids is 2. The molecule has 2 amide bonds. The van der Waals surface area contributed by atoms with E-state index in [4.69, 9.17) is 16.3 Å². The van der Waals surface area contributed by atoms with Crippen LogP contribution in [0.3, 0.4) is 0 Å². The molecule has 4 rings (SSSR count). The number of fused-ring (bicyclic) bond motifs is 1. The van der Waals surface area contributed by atoms with Crippen LogP contribution in [0.15, 0.2) is 6.07 Å². The molecule has 2 aliphatic heterocycles. The van der Waals surface area contributed by atoms with Crippen LogP contribution in [0, 0.1) is 13.8 Å². The van der Waals surface area contributed by atoms with Crippen molar-refractivity contribution in [2.75, 3.05) is 13.1 Å². The monoisotopic (exact) mass is 404 g/mol. The van der Waals surface area contributed by atoms with E-state index in [-0.39, 0.29) is 11.8 Å². The summed E-state index contributed by atoms with van der Waals surface area (Å²) in [6.07, 6.45) is 7.55. The van der Waals surface area contributed by atoms with E-state index in [1.165, 1.54) is 19.3 Å². The van der Waals surface area contributed by atoms with Crippen molar-refractivity contribution in [2.24, 2.45) is 0 Å². The van der Waals surface area contributed by atoms with E-state index in [0.717, 1.165) is 24.0 Å². The van der Waals surface area contributed by atoms with E-state index >= 15 is 0 Å². The van der Waals surface area contributed by atoms with E-state index in [0.29, 0.717) is 54.7 Å². The van der Waals surface area contributed by atoms with Crippen molar-refractivity contribution in [3.63, 3.8) is 0 Å². The first-order valence-electron chi connectivity index (χ1n) is 10.5. The Balaban J connectivity index is 1.43. The summed E-state index contributed by atoms with van der Waals surface area (Å²) in [4.78, 5) is 27.4. The quantitative estimate of drug-likeness (QED) is 0.731. The van der Waals surface area contributed by atoms with E-state index < -0.39 is 5.60 Å². The number of urea groups is 1. The number of hydrogen-bond acceptors (Lipinski definition) is 3. The van der Waals surface area contributed by atoms with Crippen molar-refractivity contribution in [3.8, 4) is 5.75 Å². The largest absolute Gasteiger partial charge is 0.486 e. The molecule has 1 saturated heterocycles. The van der Waals surface area contributed by atoms with Gasteiger partial charge in [-0.15, -0.1) is 0 Å². The maximum atomic E-state index is 12.9. The van der Waals surface area contributed by atoms with Gasteiger partial charge in [-0.3, -0.25) is 4.79 Å². The maximum absolute atomic E-state index is 12.9. The topological polar surface area (TPSA) is 58.6 Å². The summed E-state index contributed by atoms with van der Waals surface area (Å²) in [6.45, 7) is 5.05. The molecular formula is C22H29ClN2O3. The predicted octanol–water partition coefficient (Wildman–Crippen LogP) is 4.80. The molecule has 1 aromatic rings. The smallest absolute Gasteiger partial charge is 0.317 e. The molecule has 0 bridgehead atoms. The summed E-state index contributed by atoms with van der Waals surface area (Å²) in [5.41, 5.74) is 1.85. The van der Waals surface area contributed by atoms with E-state index in [1.54, 1.807) is 0 Å². The van der Waals surface area contributed by atoms with Crippen molar-refractivity contribution in [2.45, 2.75) is 76.9 Å². The molecule has 28 heavy (non-hydrogen) atoms. The highest BCUT2D eigenvalue weighted by Crippen LogP contribution is 2.43. The van der Waals surface area contributed by atoms with Gasteiger partial charge >= 0.3 is 6.03 Å². The van der Waals surface area contributed by atoms with Gasteiger partial charge in [0.05, 0.1) is 12.0 Å². The van der Waals surface area contributed by atoms with Crippen LogP contribution >= 0.6 is 11.6 Å². The molecule has 1 aromatic carbocycles. The highest BCUT2D eigenvalue weighted by molar-refractivity contribution is 6.32. The molecule has 0 unspecified atom stereocenters. The summed E-state index contributed by atoms with van der Waals surface area (Å²) < 4.78 is 6.39. The lowest BCUT2D eigenvalue weighted by Gasteiger charge is -2.44. The summed E-state index contributed by atoms with van der Waals surface area (Å²) in [5, 5.41) is 3.83. The number of nitrogens with zero attached hydrogens (tertiary/aromatic N) is 1. The Kier molecular flexibility index (Phi) is 5.30. The maximum Gasteiger partial charge on any atom is 0.317 e. The lowest BCUT2D eigenvalue weighted by atomic mass is 9.81. The highest BCUT2D eigenvalue weighted by atomic mass is 35.5. The summed E-state index contributed by atoms with van der Waals surface area (Å²) >= 11 is 6.33. The predicted molar refractivity (Wildman–Crippen MR) is 109 cm³/mol. The molecule has 6 heteroatoms. The van der Waals surface area contributed by atoms with Crippen molar-refractivity contribution < 1.29 is 14.3 Å². The molecular weight excluding hydrogens is 376 g/mol. The number of piperidine rings is 1. The Morgan fingerprint density at radius 2 is 1.89 bits per heavy atom. The fraction of sp³-hybridized carbons (Fsp3) is 0.636. The molecule has 1 aliphatic carbocycles. The number of carbonyl (C=O) groups is 2. The second-order valence-electron chi connectivity index (χ2n) is 8.66. The summed E-state index contributed by atoms with van der Waals surface area (Å²) in [7, 11) is 0. The minimum absolute atomic E-state index is 0.0303. The molecule has 0 radical (unpaired) electrons. The molecule has 2 heterocycles. The van der Waals surface area contributed by atoms with Gasteiger partial charge in [-0.05, 0) is 43.9 Å². The number of Topliss-reactive ketones (excluding diaryl/α,β-unsaturated/α-hetero) is 1. The van der Waals surface area contributed by atoms with E-state index in [1.807, 2.05) is 24.8 Å². The fourth-order valence-electron chi connectivity index (χ4n) is 4.91. The molecule has 152 valence electrons. The number of ketones is 1. The van der Waals surface area contributed by atoms with E-state index in [9.17, 15) is 9.59 Å². The third kappa shape index (κ3) is 3.61. The van der Waals surface area contributed by atoms with Gasteiger partial charge in [-0.25, -0.2) is 4.79 Å². The molecule has 2 fully saturated rings. The summed E-state index contributed by atoms with van der Waals surface area (Å²) in [6, 6.07) is 2.22. The van der Waals surface area contributed by atoms with Gasteiger partial charge < -0.3 is 15.0 Å². The molecule has 0 atom stereocenters. The van der Waals surface area contributed by atoms with Gasteiger partial charge in [0, 0.05) is 37.0 Å². The minimum Gasteiger partial charge on any atom is -0.486 e. The van der Waals surface area contributed by atoms with Crippen molar-refractivity contribution in [3.05, 3.63) is 27.8 Å². The van der Waals surface area contributed by atoms with Crippen LogP contribution in [-0.4, -0.2) is 41.4 Å². The lowest BCUT2D eigenvalue weighted by Crippen LogP contribution is -2.55. The van der Waals surface area contributed by atoms with Gasteiger partial charge in [-0.2, -0.15) is 0 Å². The molecule has 1 spiro atoms. The van der Waals surface area contributed by atoms with Crippen LogP contribution in [0.5, 0.6) is 5.75 Å². The van der Waals surface area contributed by atoms with Gasteiger partial charge in [-0.1, -0.05) is 30.9 Å². The number of ether oxygens (including phenoxy) is 1. The number of nitrogens with one attached hydrogen (secondary N) is 1. The standard InChI is InChI=1S/C22H29ClN2O3/c1-14-12-18-19(15(2)20(14)23)17(26)13-22(28-18)8-10-25(11-9-22)21(27)24-16-6-4-3-5-7-16/h12,16H,3-11,13H2,1-2H3,(H,24,27). The Bertz CT molecular complexity index is 793. The SMILES string of the molecule is Cc1cc2c(c(C)c1Cl)C(=O)CC1(CCN(C(=O)NC3CCCCC3)CC1)O2. The Morgan fingerprint density at radius 3 is 2.57 bits per heavy atom. The minimum atomic E-state index is -0.502. The fourth-order valence-corrected chi connectivity index (χ4v) is 5.06. The first kappa shape index (κ1) is 19.6. The average Bonchev–Trinajstić information content (AvgIpc) is 2.67. The van der Waals surface area contributed by atoms with Crippen molar-refractivity contribution in [1.82, 2.24) is 10.2 Å². The second kappa shape index (κ2) is 7.58. The number of halogens is 1. The van der Waals surface area contributed by atoms with E-state index in [2.05, 4.69) is 5.32 Å². The highest BCUT2D eigenvalue weighted by Gasteiger charge is 2.44. The van der Waals surface area contributed by atoms with Crippen LogP contribution in [0.4, 0.5) is 4.79 Å². The Labute approximate surface area is 171 Å². The van der Waals surface area contributed by atoms with Crippen molar-refractivity contribution in [1.29, 1.82) is 0 Å². The van der Waals surface area contributed by atoms with Crippen LogP contribution in [0.1, 0.15) is 72.9 Å². The number of amides is 2. The van der Waals surface area contributed by atoms with Crippen LogP contribution in [-0.2, 0) is 0 Å². The number of hydrogen-bond donors (Lipinski definition) is 1. The number of likely N-dealkylation sites (tertiary alicyclic amines) is 1. The zero-order valence-electron chi connectivity index (χ0n) is 16.8. The Morgan fingerprint density at radius 1 is 1.21 bits per heavy atom. The number of rotatable bonds is 1. The third-order valence-corrected chi connectivity index (χ3v) is 7.21. The Hall–Kier alpha value is -1.75. The van der Waals surface area contributed by atoms with Crippen molar-refractivity contribution >= 4 is 23.4 Å². The number of benzene rings is 1. The molecule has 1 N–H and O–H groups in total. The zero-order valence-corrected chi connectivity index (χ0v) is 17.5. The molecule has 3 aliphatic rings. The lowest BCUT2D eigenvalue weighted by molar-refractivity contribution is -0.00107. The van der Waals surface area contributed by atoms with Crippen LogP contribution in [0.2, 0.25) is 5.02 Å². The third-order valence-electron chi connectivity index (χ3n) is 6.63. The van der Waals surface area contributed by atoms with Gasteiger partial charge in [0.2, 0.25) is 0 Å². The number of aryl methyl sites for hydroxylation is 1. The average molecular weight is 405 g/mol. The second-order valence-corrected chi connectivity index (χ2v) is 9.04. The normalized spacial score (nSPS) is 22.0. The van der Waals surface area contributed by atoms with Gasteiger partial charge in [0.1, 0.15) is 11.4 Å². The molecule has 5 nitrogen and oxygen atoms in total. The van der Waals surface area contributed by atoms with Crippen LogP contribution in [0.25, 0.3) is 0 Å². The zero-order chi connectivity index (χ0) is 19.9. The van der Waals surface area contributed by atoms with Crippen LogP contribution < -0.4 is 10.1 Å². The first-order valence-corrected chi connectivity index (χ1v) is 10.8.